The van der Waals surface area contributed by atoms with E-state index in [1.54, 1.807) is 0 Å². The zero-order valence-corrected chi connectivity index (χ0v) is 12.8. The number of carboxylic acid groups (broad SMARTS) is 1. The van der Waals surface area contributed by atoms with Crippen LogP contribution < -0.4 is 5.32 Å². The minimum Gasteiger partial charge on any atom is -0.481 e. The molecular weight excluding hydrogens is 266 g/mol. The van der Waals surface area contributed by atoms with Crippen molar-refractivity contribution in [3.8, 4) is 6.07 Å². The van der Waals surface area contributed by atoms with E-state index < -0.39 is 5.97 Å². The number of likely N-dealkylation sites (tertiary alicyclic amines) is 1. The number of nitrogens with zero attached hydrogens (tertiary/aromatic N) is 2. The van der Waals surface area contributed by atoms with Gasteiger partial charge in [0.05, 0.1) is 12.6 Å². The summed E-state index contributed by atoms with van der Waals surface area (Å²) in [6.45, 7) is 2.24. The van der Waals surface area contributed by atoms with Gasteiger partial charge in [-0.25, -0.2) is 0 Å². The molecule has 1 saturated carbocycles. The van der Waals surface area contributed by atoms with E-state index in [0.29, 0.717) is 24.5 Å². The summed E-state index contributed by atoms with van der Waals surface area (Å²) in [5.74, 6) is -0.325. The number of piperidine rings is 1. The molecule has 21 heavy (non-hydrogen) atoms. The lowest BCUT2D eigenvalue weighted by molar-refractivity contribution is -0.137. The van der Waals surface area contributed by atoms with Crippen molar-refractivity contribution in [1.29, 1.82) is 5.26 Å². The summed E-state index contributed by atoms with van der Waals surface area (Å²) in [7, 11) is 0. The fraction of sp³-hybridized carbons (Fsp3) is 0.875. The molecule has 0 aromatic rings. The van der Waals surface area contributed by atoms with Gasteiger partial charge in [-0.2, -0.15) is 5.26 Å². The Bertz CT molecular complexity index is 374. The van der Waals surface area contributed by atoms with Crippen LogP contribution in [-0.2, 0) is 4.79 Å². The normalized spacial score (nSPS) is 28.1. The van der Waals surface area contributed by atoms with Crippen molar-refractivity contribution >= 4 is 5.97 Å². The summed E-state index contributed by atoms with van der Waals surface area (Å²) in [6.07, 6.45) is 8.50. The molecule has 2 N–H and O–H groups in total. The van der Waals surface area contributed by atoms with Gasteiger partial charge in [-0.15, -0.1) is 0 Å². The molecule has 118 valence electrons. The molecular formula is C16H27N3O2. The van der Waals surface area contributed by atoms with Crippen molar-refractivity contribution < 1.29 is 9.90 Å². The monoisotopic (exact) mass is 293 g/mol. The molecule has 2 rings (SSSR count). The first-order valence-corrected chi connectivity index (χ1v) is 8.24. The van der Waals surface area contributed by atoms with E-state index in [2.05, 4.69) is 16.3 Å². The quantitative estimate of drug-likeness (QED) is 0.732. The van der Waals surface area contributed by atoms with Crippen LogP contribution >= 0.6 is 0 Å². The predicted octanol–water partition coefficient (Wildman–Crippen LogP) is 1.99. The van der Waals surface area contributed by atoms with Crippen LogP contribution in [0.15, 0.2) is 0 Å². The van der Waals surface area contributed by atoms with E-state index in [-0.39, 0.29) is 6.42 Å². The first-order chi connectivity index (χ1) is 10.2. The molecule has 0 aromatic carbocycles. The van der Waals surface area contributed by atoms with E-state index in [4.69, 9.17) is 10.4 Å². The highest BCUT2D eigenvalue weighted by Crippen LogP contribution is 2.24. The second-order valence-electron chi connectivity index (χ2n) is 6.58. The van der Waals surface area contributed by atoms with Crippen LogP contribution in [0.2, 0.25) is 0 Å². The van der Waals surface area contributed by atoms with Gasteiger partial charge in [-0.05, 0) is 31.6 Å². The van der Waals surface area contributed by atoms with Gasteiger partial charge in [0, 0.05) is 31.6 Å². The van der Waals surface area contributed by atoms with Crippen molar-refractivity contribution in [2.75, 3.05) is 19.6 Å². The molecule has 0 radical (unpaired) electrons. The second kappa shape index (κ2) is 8.35. The van der Waals surface area contributed by atoms with Crippen LogP contribution in [0.25, 0.3) is 0 Å². The topological polar surface area (TPSA) is 76.4 Å². The Morgan fingerprint density at radius 2 is 2.00 bits per heavy atom. The van der Waals surface area contributed by atoms with Crippen LogP contribution in [0.1, 0.15) is 51.4 Å². The Kier molecular flexibility index (Phi) is 6.47. The average molecular weight is 293 g/mol. The van der Waals surface area contributed by atoms with Gasteiger partial charge in [0.1, 0.15) is 0 Å². The maximum absolute atomic E-state index is 10.8. The van der Waals surface area contributed by atoms with Gasteiger partial charge in [-0.3, -0.25) is 9.69 Å². The summed E-state index contributed by atoms with van der Waals surface area (Å²) >= 11 is 0. The van der Waals surface area contributed by atoms with Crippen LogP contribution in [0.5, 0.6) is 0 Å². The van der Waals surface area contributed by atoms with Gasteiger partial charge in [-0.1, -0.05) is 19.3 Å². The predicted molar refractivity (Wildman–Crippen MR) is 80.8 cm³/mol. The Morgan fingerprint density at radius 3 is 2.67 bits per heavy atom. The van der Waals surface area contributed by atoms with Gasteiger partial charge < -0.3 is 10.4 Å². The Balaban J connectivity index is 1.85. The first-order valence-electron chi connectivity index (χ1n) is 8.24. The molecule has 5 nitrogen and oxygen atoms in total. The number of rotatable bonds is 6. The van der Waals surface area contributed by atoms with E-state index >= 15 is 0 Å². The Morgan fingerprint density at radius 1 is 1.24 bits per heavy atom. The highest BCUT2D eigenvalue weighted by molar-refractivity contribution is 5.66. The minimum absolute atomic E-state index is 0.237. The number of hydrogen-bond acceptors (Lipinski definition) is 4. The fourth-order valence-electron chi connectivity index (χ4n) is 3.79. The average Bonchev–Trinajstić information content (AvgIpc) is 2.46. The lowest BCUT2D eigenvalue weighted by atomic mass is 9.88. The van der Waals surface area contributed by atoms with E-state index in [1.807, 2.05) is 0 Å². The zero-order chi connectivity index (χ0) is 15.1. The smallest absolute Gasteiger partial charge is 0.303 e. The molecule has 2 aliphatic rings. The third kappa shape index (κ3) is 5.64. The first kappa shape index (κ1) is 16.3. The van der Waals surface area contributed by atoms with Gasteiger partial charge in [0.25, 0.3) is 0 Å². The molecule has 1 aliphatic heterocycles. The molecule has 5 heteroatoms. The molecule has 0 bridgehead atoms. The van der Waals surface area contributed by atoms with Crippen molar-refractivity contribution in [2.24, 2.45) is 5.92 Å². The molecule has 2 unspecified atom stereocenters. The maximum atomic E-state index is 10.8. The fourth-order valence-corrected chi connectivity index (χ4v) is 3.79. The maximum Gasteiger partial charge on any atom is 0.303 e. The van der Waals surface area contributed by atoms with Crippen molar-refractivity contribution in [1.82, 2.24) is 10.2 Å². The van der Waals surface area contributed by atoms with Crippen molar-refractivity contribution in [3.05, 3.63) is 0 Å². The zero-order valence-electron chi connectivity index (χ0n) is 12.8. The summed E-state index contributed by atoms with van der Waals surface area (Å²) < 4.78 is 0. The van der Waals surface area contributed by atoms with Crippen LogP contribution in [0, 0.1) is 17.2 Å². The highest BCUT2D eigenvalue weighted by Gasteiger charge is 2.29. The second-order valence-corrected chi connectivity index (χ2v) is 6.58. The highest BCUT2D eigenvalue weighted by atomic mass is 16.4. The van der Waals surface area contributed by atoms with Crippen molar-refractivity contribution in [2.45, 2.75) is 63.5 Å². The van der Waals surface area contributed by atoms with E-state index in [9.17, 15) is 4.79 Å². The SMILES string of the molecule is N#CCN1CC(CCC(=O)O)CC(NC2CCCCC2)C1. The lowest BCUT2D eigenvalue weighted by Gasteiger charge is -2.39. The van der Waals surface area contributed by atoms with Gasteiger partial charge in [0.15, 0.2) is 0 Å². The van der Waals surface area contributed by atoms with E-state index in [1.165, 1.54) is 32.1 Å². The van der Waals surface area contributed by atoms with Crippen LogP contribution in [-0.4, -0.2) is 47.7 Å². The number of nitriles is 1. The van der Waals surface area contributed by atoms with Crippen molar-refractivity contribution in [3.63, 3.8) is 0 Å². The lowest BCUT2D eigenvalue weighted by Crippen LogP contribution is -2.52. The Hall–Kier alpha value is -1.12. The number of carbonyl (C=O) groups is 1. The van der Waals surface area contributed by atoms with Crippen LogP contribution in [0.4, 0.5) is 0 Å². The molecule has 0 spiro atoms. The largest absolute Gasteiger partial charge is 0.481 e. The van der Waals surface area contributed by atoms with Gasteiger partial charge in [0.2, 0.25) is 0 Å². The number of carboxylic acids is 1. The van der Waals surface area contributed by atoms with E-state index in [0.717, 1.165) is 25.9 Å². The third-order valence-electron chi connectivity index (χ3n) is 4.75. The number of nitrogens with one attached hydrogen (secondary N) is 1. The number of aliphatic carboxylic acids is 1. The molecule has 2 atom stereocenters. The molecule has 1 aliphatic carbocycles. The summed E-state index contributed by atoms with van der Waals surface area (Å²) in [6, 6.07) is 3.26. The molecule has 0 amide bonds. The van der Waals surface area contributed by atoms with Gasteiger partial charge >= 0.3 is 5.97 Å². The molecule has 2 fully saturated rings. The van der Waals surface area contributed by atoms with Crippen LogP contribution in [0.3, 0.4) is 0 Å². The number of hydrogen-bond donors (Lipinski definition) is 2. The summed E-state index contributed by atoms with van der Waals surface area (Å²) in [5.41, 5.74) is 0. The molecule has 1 saturated heterocycles. The standard InChI is InChI=1S/C16H27N3O2/c17-8-9-19-11-13(6-7-16(20)21)10-15(12-19)18-14-4-2-1-3-5-14/h13-15,18H,1-7,9-12H2,(H,20,21). The Labute approximate surface area is 127 Å². The molecule has 1 heterocycles. The minimum atomic E-state index is -0.718. The summed E-state index contributed by atoms with van der Waals surface area (Å²) in [4.78, 5) is 12.9. The summed E-state index contributed by atoms with van der Waals surface area (Å²) in [5, 5.41) is 21.5. The molecule has 0 aromatic heterocycles. The third-order valence-corrected chi connectivity index (χ3v) is 4.75.